The van der Waals surface area contributed by atoms with Crippen LogP contribution in [0.2, 0.25) is 0 Å². The Kier molecular flexibility index (Phi) is 6.03. The Morgan fingerprint density at radius 3 is 2.67 bits per heavy atom. The van der Waals surface area contributed by atoms with Gasteiger partial charge in [0, 0.05) is 12.5 Å². The van der Waals surface area contributed by atoms with E-state index in [-0.39, 0.29) is 0 Å². The molecular weight excluding hydrogens is 326 g/mol. The number of anilines is 1. The molecule has 1 aliphatic carbocycles. The Morgan fingerprint density at radius 1 is 1.29 bits per heavy atom. The molecule has 0 aliphatic heterocycles. The number of hydrogen-bond acceptors (Lipinski definition) is 3. The van der Waals surface area contributed by atoms with Crippen molar-refractivity contribution >= 4 is 21.7 Å². The topological polar surface area (TPSA) is 37.8 Å². The lowest BCUT2D eigenvalue weighted by molar-refractivity contribution is 0.334. The molecule has 1 fully saturated rings. The van der Waals surface area contributed by atoms with Crippen LogP contribution < -0.4 is 5.32 Å². The number of rotatable bonds is 5. The molecule has 2 rings (SSSR count). The highest BCUT2D eigenvalue weighted by molar-refractivity contribution is 9.10. The third-order valence-corrected chi connectivity index (χ3v) is 5.02. The standard InChI is InChI=1S/C17H28BrN3/c1-5-19-17-15(18)14(9-11(2)3)20-16(21-17)13-8-6-7-12(4)10-13/h11-13H,5-10H2,1-4H3,(H,19,20,21). The number of hydrogen-bond donors (Lipinski definition) is 1. The first-order chi connectivity index (χ1) is 10.0. The SMILES string of the molecule is CCNc1nc(C2CCCC(C)C2)nc(CC(C)C)c1Br. The predicted molar refractivity (Wildman–Crippen MR) is 92.8 cm³/mol. The zero-order valence-corrected chi connectivity index (χ0v) is 15.3. The van der Waals surface area contributed by atoms with Gasteiger partial charge < -0.3 is 5.32 Å². The number of halogens is 1. The second-order valence-electron chi connectivity index (χ2n) is 6.79. The largest absolute Gasteiger partial charge is 0.369 e. The summed E-state index contributed by atoms with van der Waals surface area (Å²) in [6, 6.07) is 0. The fourth-order valence-corrected chi connectivity index (χ4v) is 3.65. The van der Waals surface area contributed by atoms with Crippen LogP contribution >= 0.6 is 15.9 Å². The maximum absolute atomic E-state index is 4.92. The van der Waals surface area contributed by atoms with Gasteiger partial charge in [0.15, 0.2) is 0 Å². The summed E-state index contributed by atoms with van der Waals surface area (Å²) in [7, 11) is 0. The zero-order valence-electron chi connectivity index (χ0n) is 13.7. The average molecular weight is 354 g/mol. The third kappa shape index (κ3) is 4.41. The van der Waals surface area contributed by atoms with Crippen molar-refractivity contribution in [3.05, 3.63) is 16.0 Å². The van der Waals surface area contributed by atoms with Crippen LogP contribution in [-0.4, -0.2) is 16.5 Å². The van der Waals surface area contributed by atoms with Crippen LogP contribution in [0.5, 0.6) is 0 Å². The van der Waals surface area contributed by atoms with Crippen molar-refractivity contribution in [2.45, 2.75) is 65.7 Å². The summed E-state index contributed by atoms with van der Waals surface area (Å²) < 4.78 is 1.05. The summed E-state index contributed by atoms with van der Waals surface area (Å²) in [5, 5.41) is 3.38. The van der Waals surface area contributed by atoms with E-state index in [1.165, 1.54) is 25.7 Å². The molecule has 0 spiro atoms. The lowest BCUT2D eigenvalue weighted by atomic mass is 9.82. The number of nitrogens with one attached hydrogen (secondary N) is 1. The fourth-order valence-electron chi connectivity index (χ4n) is 3.17. The van der Waals surface area contributed by atoms with Crippen LogP contribution in [0, 0.1) is 11.8 Å². The van der Waals surface area contributed by atoms with E-state index in [1.54, 1.807) is 0 Å². The van der Waals surface area contributed by atoms with Crippen molar-refractivity contribution in [1.29, 1.82) is 0 Å². The molecule has 1 saturated carbocycles. The summed E-state index contributed by atoms with van der Waals surface area (Å²) >= 11 is 3.69. The summed E-state index contributed by atoms with van der Waals surface area (Å²) in [6.45, 7) is 9.83. The van der Waals surface area contributed by atoms with E-state index in [0.29, 0.717) is 11.8 Å². The quantitative estimate of drug-likeness (QED) is 0.793. The molecule has 2 atom stereocenters. The van der Waals surface area contributed by atoms with Crippen molar-refractivity contribution in [2.75, 3.05) is 11.9 Å². The Balaban J connectivity index is 2.33. The molecule has 0 saturated heterocycles. The van der Waals surface area contributed by atoms with Crippen LogP contribution in [0.4, 0.5) is 5.82 Å². The second kappa shape index (κ2) is 7.57. The zero-order chi connectivity index (χ0) is 15.4. The molecule has 3 nitrogen and oxygen atoms in total. The van der Waals surface area contributed by atoms with Crippen molar-refractivity contribution in [1.82, 2.24) is 9.97 Å². The highest BCUT2D eigenvalue weighted by Crippen LogP contribution is 2.36. The first-order valence-corrected chi connectivity index (χ1v) is 9.10. The van der Waals surface area contributed by atoms with E-state index in [1.807, 2.05) is 0 Å². The smallest absolute Gasteiger partial charge is 0.144 e. The van der Waals surface area contributed by atoms with Gasteiger partial charge in [-0.2, -0.15) is 0 Å². The molecule has 1 aromatic heterocycles. The second-order valence-corrected chi connectivity index (χ2v) is 7.58. The fraction of sp³-hybridized carbons (Fsp3) is 0.765. The van der Waals surface area contributed by atoms with Crippen molar-refractivity contribution in [3.8, 4) is 0 Å². The number of aromatic nitrogens is 2. The summed E-state index contributed by atoms with van der Waals surface area (Å²) in [5.41, 5.74) is 1.16. The average Bonchev–Trinajstić information content (AvgIpc) is 2.42. The maximum Gasteiger partial charge on any atom is 0.144 e. The minimum Gasteiger partial charge on any atom is -0.369 e. The van der Waals surface area contributed by atoms with Crippen LogP contribution in [0.1, 0.15) is 70.8 Å². The van der Waals surface area contributed by atoms with Crippen LogP contribution in [-0.2, 0) is 6.42 Å². The van der Waals surface area contributed by atoms with E-state index < -0.39 is 0 Å². The Labute approximate surface area is 137 Å². The molecule has 118 valence electrons. The molecule has 21 heavy (non-hydrogen) atoms. The molecule has 0 aromatic carbocycles. The molecule has 1 heterocycles. The first kappa shape index (κ1) is 16.7. The van der Waals surface area contributed by atoms with Gasteiger partial charge in [-0.15, -0.1) is 0 Å². The first-order valence-electron chi connectivity index (χ1n) is 8.31. The van der Waals surface area contributed by atoms with E-state index in [2.05, 4.69) is 48.9 Å². The van der Waals surface area contributed by atoms with Gasteiger partial charge in [-0.3, -0.25) is 0 Å². The normalized spacial score (nSPS) is 22.6. The van der Waals surface area contributed by atoms with Gasteiger partial charge in [0.05, 0.1) is 10.2 Å². The van der Waals surface area contributed by atoms with Gasteiger partial charge in [-0.1, -0.05) is 33.6 Å². The molecule has 0 radical (unpaired) electrons. The summed E-state index contributed by atoms with van der Waals surface area (Å²) in [5.74, 6) is 3.95. The Bertz CT molecular complexity index is 473. The van der Waals surface area contributed by atoms with Gasteiger partial charge in [0.1, 0.15) is 11.6 Å². The van der Waals surface area contributed by atoms with Crippen molar-refractivity contribution in [3.63, 3.8) is 0 Å². The molecule has 1 N–H and O–H groups in total. The third-order valence-electron chi connectivity index (χ3n) is 4.18. The Hall–Kier alpha value is -0.640. The van der Waals surface area contributed by atoms with E-state index in [9.17, 15) is 0 Å². The van der Waals surface area contributed by atoms with Crippen LogP contribution in [0.15, 0.2) is 4.47 Å². The monoisotopic (exact) mass is 353 g/mol. The van der Waals surface area contributed by atoms with Gasteiger partial charge in [-0.25, -0.2) is 9.97 Å². The van der Waals surface area contributed by atoms with Crippen molar-refractivity contribution in [2.24, 2.45) is 11.8 Å². The lowest BCUT2D eigenvalue weighted by Gasteiger charge is -2.26. The van der Waals surface area contributed by atoms with E-state index >= 15 is 0 Å². The van der Waals surface area contributed by atoms with E-state index in [0.717, 1.165) is 40.7 Å². The van der Waals surface area contributed by atoms with E-state index in [4.69, 9.17) is 9.97 Å². The minimum absolute atomic E-state index is 0.533. The van der Waals surface area contributed by atoms with Gasteiger partial charge >= 0.3 is 0 Å². The van der Waals surface area contributed by atoms with Gasteiger partial charge in [0.25, 0.3) is 0 Å². The van der Waals surface area contributed by atoms with Gasteiger partial charge in [0.2, 0.25) is 0 Å². The molecule has 1 aromatic rings. The van der Waals surface area contributed by atoms with Crippen LogP contribution in [0.3, 0.4) is 0 Å². The minimum atomic E-state index is 0.533. The summed E-state index contributed by atoms with van der Waals surface area (Å²) in [6.07, 6.45) is 6.12. The molecule has 4 heteroatoms. The maximum atomic E-state index is 4.92. The molecule has 2 unspecified atom stereocenters. The molecule has 1 aliphatic rings. The molecular formula is C17H28BrN3. The predicted octanol–water partition coefficient (Wildman–Crippen LogP) is 5.16. The summed E-state index contributed by atoms with van der Waals surface area (Å²) in [4.78, 5) is 9.73. The van der Waals surface area contributed by atoms with Crippen LogP contribution in [0.25, 0.3) is 0 Å². The highest BCUT2D eigenvalue weighted by Gasteiger charge is 2.24. The lowest BCUT2D eigenvalue weighted by Crippen LogP contribution is -2.17. The Morgan fingerprint density at radius 2 is 2.05 bits per heavy atom. The van der Waals surface area contributed by atoms with Crippen molar-refractivity contribution < 1.29 is 0 Å². The van der Waals surface area contributed by atoms with Gasteiger partial charge in [-0.05, 0) is 54.0 Å². The molecule has 0 amide bonds. The number of nitrogens with zero attached hydrogens (tertiary/aromatic N) is 2. The molecule has 0 bridgehead atoms. The highest BCUT2D eigenvalue weighted by atomic mass is 79.9.